The third-order valence-electron chi connectivity index (χ3n) is 3.15. The van der Waals surface area contributed by atoms with E-state index in [-0.39, 0.29) is 6.03 Å². The topological polar surface area (TPSA) is 52.6 Å². The van der Waals surface area contributed by atoms with Crippen LogP contribution in [0, 0.1) is 5.92 Å². The number of carbonyl (C=O) groups excluding carboxylic acids is 1. The summed E-state index contributed by atoms with van der Waals surface area (Å²) in [6, 6.07) is -0.0433. The lowest BCUT2D eigenvalue weighted by atomic mass is 10.00. The molecule has 0 aromatic rings. The summed E-state index contributed by atoms with van der Waals surface area (Å²) in [7, 11) is 0. The van der Waals surface area contributed by atoms with E-state index in [1.807, 2.05) is 11.2 Å². The van der Waals surface area contributed by atoms with Crippen LogP contribution in [0.15, 0.2) is 0 Å². The Morgan fingerprint density at radius 3 is 2.65 bits per heavy atom. The fourth-order valence-corrected chi connectivity index (χ4v) is 2.68. The van der Waals surface area contributed by atoms with E-state index in [0.717, 1.165) is 31.8 Å². The molecule has 4 nitrogen and oxygen atoms in total. The highest BCUT2D eigenvalue weighted by atomic mass is 32.2. The van der Waals surface area contributed by atoms with Crippen molar-refractivity contribution in [2.24, 2.45) is 5.92 Å². The van der Waals surface area contributed by atoms with Crippen LogP contribution >= 0.6 is 11.8 Å². The van der Waals surface area contributed by atoms with Gasteiger partial charge in [-0.15, -0.1) is 0 Å². The lowest BCUT2D eigenvalue weighted by Crippen LogP contribution is -2.49. The van der Waals surface area contributed by atoms with Gasteiger partial charge in [-0.05, 0) is 31.9 Å². The van der Waals surface area contributed by atoms with Crippen LogP contribution in [0.2, 0.25) is 0 Å². The van der Waals surface area contributed by atoms with E-state index >= 15 is 0 Å². The standard InChI is InChI=1S/C12H24N2O2S/c1-10-4-6-14(7-5-10)11(15)13-8-12(2,16)9-17-3/h10,16H,4-9H2,1-3H3,(H,13,15). The Hall–Kier alpha value is -0.420. The first-order chi connectivity index (χ1) is 7.94. The van der Waals surface area contributed by atoms with Crippen LogP contribution in [0.4, 0.5) is 4.79 Å². The number of thioether (sulfide) groups is 1. The minimum absolute atomic E-state index is 0.0433. The Morgan fingerprint density at radius 1 is 1.53 bits per heavy atom. The first-order valence-electron chi connectivity index (χ1n) is 6.19. The molecule has 0 saturated carbocycles. The molecule has 17 heavy (non-hydrogen) atoms. The molecule has 1 unspecified atom stereocenters. The smallest absolute Gasteiger partial charge is 0.317 e. The highest BCUT2D eigenvalue weighted by Crippen LogP contribution is 2.16. The predicted molar refractivity (Wildman–Crippen MR) is 72.4 cm³/mol. The number of likely N-dealkylation sites (tertiary alicyclic amines) is 1. The van der Waals surface area contributed by atoms with Crippen molar-refractivity contribution in [3.8, 4) is 0 Å². The Labute approximate surface area is 108 Å². The molecule has 0 aliphatic carbocycles. The molecule has 1 saturated heterocycles. The van der Waals surface area contributed by atoms with Crippen LogP contribution in [0.3, 0.4) is 0 Å². The van der Waals surface area contributed by atoms with Gasteiger partial charge in [-0.2, -0.15) is 11.8 Å². The van der Waals surface area contributed by atoms with E-state index in [0.29, 0.717) is 12.3 Å². The average molecular weight is 260 g/mol. The van der Waals surface area contributed by atoms with Crippen molar-refractivity contribution >= 4 is 17.8 Å². The van der Waals surface area contributed by atoms with Crippen molar-refractivity contribution in [3.05, 3.63) is 0 Å². The monoisotopic (exact) mass is 260 g/mol. The molecule has 5 heteroatoms. The zero-order valence-electron chi connectivity index (χ0n) is 11.0. The van der Waals surface area contributed by atoms with E-state index in [1.54, 1.807) is 18.7 Å². The molecule has 2 amide bonds. The normalized spacial score (nSPS) is 21.1. The van der Waals surface area contributed by atoms with Crippen molar-refractivity contribution in [1.29, 1.82) is 0 Å². The van der Waals surface area contributed by atoms with Gasteiger partial charge in [-0.1, -0.05) is 6.92 Å². The minimum Gasteiger partial charge on any atom is -0.387 e. The third kappa shape index (κ3) is 5.17. The molecular formula is C12H24N2O2S. The predicted octanol–water partition coefficient (Wildman–Crippen LogP) is 1.54. The Morgan fingerprint density at radius 2 is 2.12 bits per heavy atom. The number of hydrogen-bond donors (Lipinski definition) is 2. The highest BCUT2D eigenvalue weighted by Gasteiger charge is 2.24. The Kier molecular flexibility index (Phi) is 5.59. The third-order valence-corrected chi connectivity index (χ3v) is 4.06. The van der Waals surface area contributed by atoms with Crippen molar-refractivity contribution in [2.75, 3.05) is 31.6 Å². The second kappa shape index (κ2) is 6.50. The number of rotatable bonds is 4. The summed E-state index contributed by atoms with van der Waals surface area (Å²) in [5.74, 6) is 1.35. The van der Waals surface area contributed by atoms with Crippen LogP contribution in [-0.4, -0.2) is 53.3 Å². The second-order valence-electron chi connectivity index (χ2n) is 5.26. The van der Waals surface area contributed by atoms with Gasteiger partial charge in [0, 0.05) is 25.4 Å². The minimum atomic E-state index is -0.821. The van der Waals surface area contributed by atoms with Crippen LogP contribution in [-0.2, 0) is 0 Å². The van der Waals surface area contributed by atoms with Crippen LogP contribution < -0.4 is 5.32 Å². The zero-order chi connectivity index (χ0) is 12.9. The van der Waals surface area contributed by atoms with Crippen LogP contribution in [0.25, 0.3) is 0 Å². The van der Waals surface area contributed by atoms with Crippen LogP contribution in [0.5, 0.6) is 0 Å². The van der Waals surface area contributed by atoms with E-state index in [1.165, 1.54) is 0 Å². The fraction of sp³-hybridized carbons (Fsp3) is 0.917. The fourth-order valence-electron chi connectivity index (χ4n) is 1.95. The van der Waals surface area contributed by atoms with Gasteiger partial charge in [0.25, 0.3) is 0 Å². The number of urea groups is 1. The van der Waals surface area contributed by atoms with Crippen molar-refractivity contribution in [1.82, 2.24) is 10.2 Å². The number of aliphatic hydroxyl groups is 1. The number of amides is 2. The molecule has 0 bridgehead atoms. The first kappa shape index (κ1) is 14.6. The number of carbonyl (C=O) groups is 1. The van der Waals surface area contributed by atoms with Crippen molar-refractivity contribution in [3.63, 3.8) is 0 Å². The number of nitrogens with one attached hydrogen (secondary N) is 1. The summed E-state index contributed by atoms with van der Waals surface area (Å²) in [6.45, 7) is 5.95. The molecule has 1 aliphatic heterocycles. The summed E-state index contributed by atoms with van der Waals surface area (Å²) in [5, 5.41) is 12.8. The van der Waals surface area contributed by atoms with Gasteiger partial charge in [0.2, 0.25) is 0 Å². The number of nitrogens with zero attached hydrogens (tertiary/aromatic N) is 1. The second-order valence-corrected chi connectivity index (χ2v) is 6.12. The van der Waals surface area contributed by atoms with Gasteiger partial charge in [0.15, 0.2) is 0 Å². The quantitative estimate of drug-likeness (QED) is 0.806. The molecular weight excluding hydrogens is 236 g/mol. The lowest BCUT2D eigenvalue weighted by molar-refractivity contribution is 0.0833. The van der Waals surface area contributed by atoms with Gasteiger partial charge < -0.3 is 15.3 Å². The first-order valence-corrected chi connectivity index (χ1v) is 7.58. The summed E-state index contributed by atoms with van der Waals surface area (Å²) in [4.78, 5) is 13.7. The largest absolute Gasteiger partial charge is 0.387 e. The molecule has 2 N–H and O–H groups in total. The van der Waals surface area contributed by atoms with Gasteiger partial charge in [0.05, 0.1) is 5.60 Å². The molecule has 0 aromatic heterocycles. The van der Waals surface area contributed by atoms with E-state index in [9.17, 15) is 9.90 Å². The molecule has 100 valence electrons. The van der Waals surface area contributed by atoms with Crippen molar-refractivity contribution in [2.45, 2.75) is 32.3 Å². The molecule has 1 heterocycles. The van der Waals surface area contributed by atoms with Gasteiger partial charge in [0.1, 0.15) is 0 Å². The highest BCUT2D eigenvalue weighted by molar-refractivity contribution is 7.98. The maximum Gasteiger partial charge on any atom is 0.317 e. The average Bonchev–Trinajstić information content (AvgIpc) is 2.27. The molecule has 1 atom stereocenters. The molecule has 1 fully saturated rings. The zero-order valence-corrected chi connectivity index (χ0v) is 11.8. The number of piperidine rings is 1. The SMILES string of the molecule is CSCC(C)(O)CNC(=O)N1CCC(C)CC1. The summed E-state index contributed by atoms with van der Waals surface area (Å²) in [5.41, 5.74) is -0.821. The van der Waals surface area contributed by atoms with E-state index in [2.05, 4.69) is 12.2 Å². The maximum absolute atomic E-state index is 11.9. The Balaban J connectivity index is 2.29. The summed E-state index contributed by atoms with van der Waals surface area (Å²) < 4.78 is 0. The van der Waals surface area contributed by atoms with Crippen LogP contribution in [0.1, 0.15) is 26.7 Å². The number of hydrogen-bond acceptors (Lipinski definition) is 3. The summed E-state index contributed by atoms with van der Waals surface area (Å²) >= 11 is 1.58. The van der Waals surface area contributed by atoms with E-state index < -0.39 is 5.60 Å². The van der Waals surface area contributed by atoms with Gasteiger partial charge >= 0.3 is 6.03 Å². The molecule has 0 radical (unpaired) electrons. The maximum atomic E-state index is 11.9. The molecule has 0 aromatic carbocycles. The molecule has 0 spiro atoms. The van der Waals surface area contributed by atoms with Gasteiger partial charge in [-0.3, -0.25) is 0 Å². The molecule has 1 aliphatic rings. The van der Waals surface area contributed by atoms with Gasteiger partial charge in [-0.25, -0.2) is 4.79 Å². The summed E-state index contributed by atoms with van der Waals surface area (Å²) in [6.07, 6.45) is 4.10. The Bertz CT molecular complexity index is 251. The lowest BCUT2D eigenvalue weighted by Gasteiger charge is -2.31. The van der Waals surface area contributed by atoms with Crippen molar-refractivity contribution < 1.29 is 9.90 Å². The molecule has 1 rings (SSSR count). The van der Waals surface area contributed by atoms with E-state index in [4.69, 9.17) is 0 Å².